The third-order valence-corrected chi connectivity index (χ3v) is 1.69. The molecule has 0 atom stereocenters. The molecule has 0 aliphatic heterocycles. The van der Waals surface area contributed by atoms with E-state index in [-0.39, 0.29) is 17.2 Å². The number of carbonyl (C=O) groups excluding carboxylic acids is 2. The second kappa shape index (κ2) is 4.65. The average molecular weight is 224 g/mol. The maximum Gasteiger partial charge on any atom is 0.308 e. The Kier molecular flexibility index (Phi) is 3.50. The Hall–Kier alpha value is -2.04. The van der Waals surface area contributed by atoms with E-state index in [2.05, 4.69) is 0 Å². The first kappa shape index (κ1) is 12.0. The molecule has 0 unspecified atom stereocenters. The summed E-state index contributed by atoms with van der Waals surface area (Å²) in [5.41, 5.74) is 0.699. The molecule has 0 fully saturated rings. The van der Waals surface area contributed by atoms with Gasteiger partial charge < -0.3 is 14.6 Å². The molecule has 0 saturated carbocycles. The van der Waals surface area contributed by atoms with Crippen molar-refractivity contribution >= 4 is 11.9 Å². The van der Waals surface area contributed by atoms with E-state index < -0.39 is 11.9 Å². The van der Waals surface area contributed by atoms with Crippen LogP contribution in [0.4, 0.5) is 0 Å². The number of esters is 2. The van der Waals surface area contributed by atoms with Crippen LogP contribution in [-0.4, -0.2) is 17.0 Å². The van der Waals surface area contributed by atoms with Crippen molar-refractivity contribution in [3.05, 3.63) is 17.7 Å². The Labute approximate surface area is 92.6 Å². The van der Waals surface area contributed by atoms with Crippen molar-refractivity contribution in [2.24, 2.45) is 0 Å². The van der Waals surface area contributed by atoms with Gasteiger partial charge in [-0.25, -0.2) is 0 Å². The van der Waals surface area contributed by atoms with Crippen molar-refractivity contribution in [2.45, 2.75) is 20.8 Å². The zero-order valence-electron chi connectivity index (χ0n) is 9.23. The number of benzene rings is 1. The predicted octanol–water partition coefficient (Wildman–Crippen LogP) is 1.55. The Morgan fingerprint density at radius 3 is 1.75 bits per heavy atom. The third-order valence-electron chi connectivity index (χ3n) is 1.69. The van der Waals surface area contributed by atoms with Crippen LogP contribution in [0.15, 0.2) is 12.1 Å². The van der Waals surface area contributed by atoms with Gasteiger partial charge in [0.2, 0.25) is 5.75 Å². The van der Waals surface area contributed by atoms with Crippen LogP contribution in [0.1, 0.15) is 19.4 Å². The SMILES string of the molecule is CC(=O)Oc1cc(C)cc(OC(C)=O)c1O. The quantitative estimate of drug-likeness (QED) is 0.609. The first-order valence-corrected chi connectivity index (χ1v) is 4.60. The van der Waals surface area contributed by atoms with Gasteiger partial charge in [-0.3, -0.25) is 9.59 Å². The van der Waals surface area contributed by atoms with Gasteiger partial charge in [-0.1, -0.05) is 0 Å². The molecule has 0 amide bonds. The van der Waals surface area contributed by atoms with E-state index in [1.54, 1.807) is 6.92 Å². The van der Waals surface area contributed by atoms with E-state index in [9.17, 15) is 14.7 Å². The van der Waals surface area contributed by atoms with Crippen LogP contribution in [0.3, 0.4) is 0 Å². The lowest BCUT2D eigenvalue weighted by Crippen LogP contribution is -2.05. The van der Waals surface area contributed by atoms with Crippen molar-refractivity contribution in [1.29, 1.82) is 0 Å². The number of ether oxygens (including phenoxy) is 2. The molecule has 1 rings (SSSR count). The summed E-state index contributed by atoms with van der Waals surface area (Å²) in [5, 5.41) is 9.66. The van der Waals surface area contributed by atoms with Crippen molar-refractivity contribution < 1.29 is 24.2 Å². The van der Waals surface area contributed by atoms with E-state index in [4.69, 9.17) is 9.47 Å². The molecule has 0 radical (unpaired) electrons. The summed E-state index contributed by atoms with van der Waals surface area (Å²) in [6, 6.07) is 2.95. The molecule has 5 heteroatoms. The van der Waals surface area contributed by atoms with Crippen molar-refractivity contribution in [2.75, 3.05) is 0 Å². The minimum absolute atomic E-state index is 0.0243. The number of aryl methyl sites for hydroxylation is 1. The minimum Gasteiger partial charge on any atom is -0.502 e. The maximum atomic E-state index is 10.8. The molecule has 86 valence electrons. The van der Waals surface area contributed by atoms with Gasteiger partial charge in [-0.2, -0.15) is 0 Å². The monoisotopic (exact) mass is 224 g/mol. The lowest BCUT2D eigenvalue weighted by atomic mass is 10.2. The van der Waals surface area contributed by atoms with E-state index >= 15 is 0 Å². The fraction of sp³-hybridized carbons (Fsp3) is 0.273. The number of rotatable bonds is 2. The molecule has 0 aliphatic rings. The summed E-state index contributed by atoms with van der Waals surface area (Å²) in [6.07, 6.45) is 0. The second-order valence-corrected chi connectivity index (χ2v) is 3.30. The van der Waals surface area contributed by atoms with Gasteiger partial charge in [0.05, 0.1) is 0 Å². The second-order valence-electron chi connectivity index (χ2n) is 3.30. The topological polar surface area (TPSA) is 72.8 Å². The minimum atomic E-state index is -0.560. The normalized spacial score (nSPS) is 9.69. The summed E-state index contributed by atoms with van der Waals surface area (Å²) in [4.78, 5) is 21.5. The molecule has 0 aliphatic carbocycles. The van der Waals surface area contributed by atoms with Crippen molar-refractivity contribution in [3.63, 3.8) is 0 Å². The lowest BCUT2D eigenvalue weighted by molar-refractivity contribution is -0.132. The molecule has 1 N–H and O–H groups in total. The molecule has 5 nitrogen and oxygen atoms in total. The van der Waals surface area contributed by atoms with Crippen LogP contribution >= 0.6 is 0 Å². The van der Waals surface area contributed by atoms with E-state index in [1.807, 2.05) is 0 Å². The molecule has 0 spiro atoms. The number of aromatic hydroxyl groups is 1. The molecule has 0 saturated heterocycles. The third kappa shape index (κ3) is 2.98. The number of phenols is 1. The smallest absolute Gasteiger partial charge is 0.308 e. The van der Waals surface area contributed by atoms with Crippen LogP contribution in [0, 0.1) is 6.92 Å². The van der Waals surface area contributed by atoms with Gasteiger partial charge in [-0.05, 0) is 24.6 Å². The fourth-order valence-electron chi connectivity index (χ4n) is 1.18. The number of hydrogen-bond donors (Lipinski definition) is 1. The summed E-state index contributed by atoms with van der Waals surface area (Å²) in [5.74, 6) is -1.53. The first-order valence-electron chi connectivity index (χ1n) is 4.60. The maximum absolute atomic E-state index is 10.8. The predicted molar refractivity (Wildman–Crippen MR) is 55.5 cm³/mol. The molecule has 1 aromatic rings. The summed E-state index contributed by atoms with van der Waals surface area (Å²) >= 11 is 0. The highest BCUT2D eigenvalue weighted by Gasteiger charge is 2.14. The van der Waals surface area contributed by atoms with Gasteiger partial charge >= 0.3 is 11.9 Å². The van der Waals surface area contributed by atoms with E-state index in [0.717, 1.165) is 0 Å². The van der Waals surface area contributed by atoms with Crippen molar-refractivity contribution in [1.82, 2.24) is 0 Å². The molecular weight excluding hydrogens is 212 g/mol. The van der Waals surface area contributed by atoms with E-state index in [1.165, 1.54) is 26.0 Å². The van der Waals surface area contributed by atoms with Gasteiger partial charge in [0.25, 0.3) is 0 Å². The largest absolute Gasteiger partial charge is 0.502 e. The average Bonchev–Trinajstić information content (AvgIpc) is 2.11. The fourth-order valence-corrected chi connectivity index (χ4v) is 1.18. The van der Waals surface area contributed by atoms with Crippen LogP contribution in [0.2, 0.25) is 0 Å². The summed E-state index contributed by atoms with van der Waals surface area (Å²) in [6.45, 7) is 4.15. The Bertz CT molecular complexity index is 399. The zero-order valence-corrected chi connectivity index (χ0v) is 9.23. The molecular formula is C11H12O5. The molecule has 0 bridgehead atoms. The van der Waals surface area contributed by atoms with Crippen LogP contribution < -0.4 is 9.47 Å². The van der Waals surface area contributed by atoms with Crippen LogP contribution in [0.5, 0.6) is 17.2 Å². The van der Waals surface area contributed by atoms with Crippen molar-refractivity contribution in [3.8, 4) is 17.2 Å². The Morgan fingerprint density at radius 1 is 1.06 bits per heavy atom. The van der Waals surface area contributed by atoms with Gasteiger partial charge in [-0.15, -0.1) is 0 Å². The zero-order chi connectivity index (χ0) is 12.3. The number of phenolic OH excluding ortho intramolecular Hbond substituents is 1. The molecule has 0 aromatic heterocycles. The van der Waals surface area contributed by atoms with Gasteiger partial charge in [0.15, 0.2) is 11.5 Å². The lowest BCUT2D eigenvalue weighted by Gasteiger charge is -2.09. The van der Waals surface area contributed by atoms with Gasteiger partial charge in [0.1, 0.15) is 0 Å². The highest BCUT2D eigenvalue weighted by Crippen LogP contribution is 2.37. The first-order chi connectivity index (χ1) is 7.40. The van der Waals surface area contributed by atoms with Gasteiger partial charge in [0, 0.05) is 13.8 Å². The highest BCUT2D eigenvalue weighted by atomic mass is 16.6. The van der Waals surface area contributed by atoms with E-state index in [0.29, 0.717) is 5.56 Å². The number of carbonyl (C=O) groups is 2. The molecule has 16 heavy (non-hydrogen) atoms. The number of hydrogen-bond acceptors (Lipinski definition) is 5. The summed E-state index contributed by atoms with van der Waals surface area (Å²) in [7, 11) is 0. The Balaban J connectivity index is 3.14. The highest BCUT2D eigenvalue weighted by molar-refractivity contribution is 5.74. The standard InChI is InChI=1S/C11H12O5/c1-6-4-9(15-7(2)12)11(14)10(5-6)16-8(3)13/h4-5,14H,1-3H3. The summed E-state index contributed by atoms with van der Waals surface area (Å²) < 4.78 is 9.54. The molecule has 0 heterocycles. The Morgan fingerprint density at radius 2 is 1.44 bits per heavy atom. The van der Waals surface area contributed by atoms with Crippen LogP contribution in [0.25, 0.3) is 0 Å². The molecule has 1 aromatic carbocycles. The van der Waals surface area contributed by atoms with Crippen LogP contribution in [-0.2, 0) is 9.59 Å².